The SMILES string of the molecule is COc1ccc2nc(N[C@H]3C[C@@H]4C[C@@H]3[C@@H](NCc3ccsc3)C4)cc(C)c2c1. The van der Waals surface area contributed by atoms with Gasteiger partial charge in [0.05, 0.1) is 12.6 Å². The summed E-state index contributed by atoms with van der Waals surface area (Å²) in [7, 11) is 1.71. The number of rotatable bonds is 6. The number of hydrogen-bond acceptors (Lipinski definition) is 5. The summed E-state index contributed by atoms with van der Waals surface area (Å²) in [5.41, 5.74) is 3.67. The molecule has 2 aromatic heterocycles. The monoisotopic (exact) mass is 393 g/mol. The number of pyridine rings is 1. The molecule has 2 heterocycles. The Labute approximate surface area is 170 Å². The molecule has 0 saturated heterocycles. The molecule has 2 N–H and O–H groups in total. The van der Waals surface area contributed by atoms with Crippen molar-refractivity contribution in [3.05, 3.63) is 52.2 Å². The Morgan fingerprint density at radius 3 is 2.82 bits per heavy atom. The molecule has 3 aromatic rings. The fraction of sp³-hybridized carbons (Fsp3) is 0.435. The first kappa shape index (κ1) is 18.0. The third kappa shape index (κ3) is 3.38. The zero-order valence-electron chi connectivity index (χ0n) is 16.4. The van der Waals surface area contributed by atoms with E-state index < -0.39 is 0 Å². The summed E-state index contributed by atoms with van der Waals surface area (Å²) in [6.45, 7) is 3.14. The van der Waals surface area contributed by atoms with Crippen molar-refractivity contribution in [3.8, 4) is 5.75 Å². The van der Waals surface area contributed by atoms with E-state index in [1.165, 1.54) is 30.4 Å². The summed E-state index contributed by atoms with van der Waals surface area (Å²) in [5, 5.41) is 13.2. The van der Waals surface area contributed by atoms with E-state index in [-0.39, 0.29) is 0 Å². The fourth-order valence-electron chi connectivity index (χ4n) is 5.16. The van der Waals surface area contributed by atoms with Crippen molar-refractivity contribution >= 4 is 28.1 Å². The Morgan fingerprint density at radius 1 is 1.14 bits per heavy atom. The van der Waals surface area contributed by atoms with E-state index >= 15 is 0 Å². The van der Waals surface area contributed by atoms with Gasteiger partial charge in [-0.1, -0.05) is 0 Å². The van der Waals surface area contributed by atoms with Gasteiger partial charge in [0.1, 0.15) is 11.6 Å². The summed E-state index contributed by atoms with van der Waals surface area (Å²) in [6.07, 6.45) is 3.92. The standard InChI is InChI=1S/C23H27N3OS/c1-14-7-23(25-20-4-3-17(27-2)11-18(14)20)26-22-10-16-8-19(22)21(9-16)24-12-15-5-6-28-13-15/h3-7,11,13,16,19,21-22,24H,8-10,12H2,1-2H3,(H,25,26)/t16-,19-,21+,22+/m1/s1. The molecule has 146 valence electrons. The zero-order chi connectivity index (χ0) is 19.1. The van der Waals surface area contributed by atoms with E-state index in [1.807, 2.05) is 6.07 Å². The molecule has 5 heteroatoms. The van der Waals surface area contributed by atoms with E-state index in [0.717, 1.165) is 34.9 Å². The molecule has 2 aliphatic carbocycles. The lowest BCUT2D eigenvalue weighted by Crippen LogP contribution is -2.42. The largest absolute Gasteiger partial charge is 0.497 e. The first-order valence-electron chi connectivity index (χ1n) is 10.2. The van der Waals surface area contributed by atoms with Crippen molar-refractivity contribution in [3.63, 3.8) is 0 Å². The van der Waals surface area contributed by atoms with Crippen LogP contribution >= 0.6 is 11.3 Å². The van der Waals surface area contributed by atoms with Crippen LogP contribution in [0.25, 0.3) is 10.9 Å². The summed E-state index contributed by atoms with van der Waals surface area (Å²) < 4.78 is 5.36. The molecule has 4 nitrogen and oxygen atoms in total. The molecule has 0 amide bonds. The molecular weight excluding hydrogens is 366 g/mol. The van der Waals surface area contributed by atoms with Crippen LogP contribution in [0.1, 0.15) is 30.4 Å². The van der Waals surface area contributed by atoms with Gasteiger partial charge in [0.2, 0.25) is 0 Å². The lowest BCUT2D eigenvalue weighted by Gasteiger charge is -2.31. The minimum absolute atomic E-state index is 0.515. The van der Waals surface area contributed by atoms with Gasteiger partial charge in [0, 0.05) is 24.0 Å². The van der Waals surface area contributed by atoms with Gasteiger partial charge < -0.3 is 15.4 Å². The summed E-state index contributed by atoms with van der Waals surface area (Å²) in [5.74, 6) is 3.42. The number of anilines is 1. The lowest BCUT2D eigenvalue weighted by molar-refractivity contribution is 0.327. The summed E-state index contributed by atoms with van der Waals surface area (Å²) >= 11 is 1.78. The third-order valence-electron chi connectivity index (χ3n) is 6.52. The number of nitrogens with zero attached hydrogens (tertiary/aromatic N) is 1. The van der Waals surface area contributed by atoms with Crippen molar-refractivity contribution in [2.45, 2.75) is 44.8 Å². The summed E-state index contributed by atoms with van der Waals surface area (Å²) in [6, 6.07) is 11.6. The molecular formula is C23H27N3OS. The van der Waals surface area contributed by atoms with Crippen LogP contribution in [0, 0.1) is 18.8 Å². The van der Waals surface area contributed by atoms with Crippen LogP contribution in [0.15, 0.2) is 41.1 Å². The molecule has 2 saturated carbocycles. The van der Waals surface area contributed by atoms with E-state index in [9.17, 15) is 0 Å². The minimum Gasteiger partial charge on any atom is -0.497 e. The normalized spacial score (nSPS) is 26.1. The predicted molar refractivity (Wildman–Crippen MR) is 116 cm³/mol. The Hall–Kier alpha value is -2.11. The van der Waals surface area contributed by atoms with Gasteiger partial charge in [0.15, 0.2) is 0 Å². The Morgan fingerprint density at radius 2 is 2.04 bits per heavy atom. The number of nitrogens with one attached hydrogen (secondary N) is 2. The van der Waals surface area contributed by atoms with Crippen LogP contribution in [-0.4, -0.2) is 24.2 Å². The first-order valence-corrected chi connectivity index (χ1v) is 11.1. The maximum atomic E-state index is 5.36. The maximum Gasteiger partial charge on any atom is 0.127 e. The average Bonchev–Trinajstić information content (AvgIpc) is 3.43. The van der Waals surface area contributed by atoms with Crippen LogP contribution in [0.4, 0.5) is 5.82 Å². The number of aromatic nitrogens is 1. The number of thiophene rings is 1. The molecule has 2 aliphatic rings. The topological polar surface area (TPSA) is 46.2 Å². The third-order valence-corrected chi connectivity index (χ3v) is 7.25. The molecule has 0 aliphatic heterocycles. The van der Waals surface area contributed by atoms with Gasteiger partial charge in [-0.2, -0.15) is 11.3 Å². The maximum absolute atomic E-state index is 5.36. The van der Waals surface area contributed by atoms with Crippen molar-refractivity contribution in [1.29, 1.82) is 0 Å². The smallest absolute Gasteiger partial charge is 0.127 e. The Kier molecular flexibility index (Phi) is 4.73. The van der Waals surface area contributed by atoms with Crippen molar-refractivity contribution in [2.24, 2.45) is 11.8 Å². The van der Waals surface area contributed by atoms with Gasteiger partial charge in [-0.05, 0) is 90.2 Å². The van der Waals surface area contributed by atoms with E-state index in [4.69, 9.17) is 9.72 Å². The van der Waals surface area contributed by atoms with Gasteiger partial charge in [-0.25, -0.2) is 4.98 Å². The van der Waals surface area contributed by atoms with Gasteiger partial charge in [-0.3, -0.25) is 0 Å². The van der Waals surface area contributed by atoms with Crippen LogP contribution < -0.4 is 15.4 Å². The quantitative estimate of drug-likeness (QED) is 0.620. The van der Waals surface area contributed by atoms with E-state index in [0.29, 0.717) is 18.0 Å². The highest BCUT2D eigenvalue weighted by Crippen LogP contribution is 2.46. The average molecular weight is 394 g/mol. The van der Waals surface area contributed by atoms with Crippen LogP contribution in [0.2, 0.25) is 0 Å². The van der Waals surface area contributed by atoms with E-state index in [2.05, 4.69) is 52.6 Å². The highest BCUT2D eigenvalue weighted by atomic mass is 32.1. The van der Waals surface area contributed by atoms with Crippen molar-refractivity contribution in [2.75, 3.05) is 12.4 Å². The first-order chi connectivity index (χ1) is 13.7. The Balaban J connectivity index is 1.30. The second-order valence-electron chi connectivity index (χ2n) is 8.31. The van der Waals surface area contributed by atoms with E-state index in [1.54, 1.807) is 18.4 Å². The molecule has 5 rings (SSSR count). The Bertz CT molecular complexity index is 971. The highest BCUT2D eigenvalue weighted by molar-refractivity contribution is 7.07. The highest BCUT2D eigenvalue weighted by Gasteiger charge is 2.46. The van der Waals surface area contributed by atoms with Crippen LogP contribution in [0.5, 0.6) is 5.75 Å². The van der Waals surface area contributed by atoms with Crippen molar-refractivity contribution < 1.29 is 4.74 Å². The second kappa shape index (κ2) is 7.37. The molecule has 28 heavy (non-hydrogen) atoms. The van der Waals surface area contributed by atoms with Crippen molar-refractivity contribution in [1.82, 2.24) is 10.3 Å². The molecule has 1 aromatic carbocycles. The number of benzene rings is 1. The molecule has 4 atom stereocenters. The molecule has 0 radical (unpaired) electrons. The lowest BCUT2D eigenvalue weighted by atomic mass is 9.90. The number of hydrogen-bond donors (Lipinski definition) is 2. The number of fused-ring (bicyclic) bond motifs is 3. The zero-order valence-corrected chi connectivity index (χ0v) is 17.3. The second-order valence-corrected chi connectivity index (χ2v) is 9.09. The predicted octanol–water partition coefficient (Wildman–Crippen LogP) is 4.98. The van der Waals surface area contributed by atoms with Gasteiger partial charge >= 0.3 is 0 Å². The van der Waals surface area contributed by atoms with Crippen LogP contribution in [0.3, 0.4) is 0 Å². The number of ether oxygens (including phenoxy) is 1. The summed E-state index contributed by atoms with van der Waals surface area (Å²) in [4.78, 5) is 4.88. The van der Waals surface area contributed by atoms with Gasteiger partial charge in [0.25, 0.3) is 0 Å². The van der Waals surface area contributed by atoms with Gasteiger partial charge in [-0.15, -0.1) is 0 Å². The number of aryl methyl sites for hydroxylation is 1. The number of methoxy groups -OCH3 is 1. The molecule has 0 spiro atoms. The molecule has 2 bridgehead atoms. The minimum atomic E-state index is 0.515. The molecule has 2 fully saturated rings. The van der Waals surface area contributed by atoms with Crippen LogP contribution in [-0.2, 0) is 6.54 Å². The fourth-order valence-corrected chi connectivity index (χ4v) is 5.83. The molecule has 0 unspecified atom stereocenters.